The minimum absolute atomic E-state index is 0. The summed E-state index contributed by atoms with van der Waals surface area (Å²) in [4.78, 5) is 23.1. The number of nitrogens with two attached hydrogens (primary N) is 1. The zero-order valence-electron chi connectivity index (χ0n) is 32.5. The summed E-state index contributed by atoms with van der Waals surface area (Å²) in [6, 6.07) is -3.72. The van der Waals surface area contributed by atoms with Gasteiger partial charge >= 0.3 is 185 Å². The van der Waals surface area contributed by atoms with Gasteiger partial charge in [0.25, 0.3) is 0 Å². The van der Waals surface area contributed by atoms with Crippen LogP contribution in [0.15, 0.2) is 0 Å². The van der Waals surface area contributed by atoms with Crippen molar-refractivity contribution in [3.05, 3.63) is 0 Å². The van der Waals surface area contributed by atoms with E-state index in [1.54, 1.807) is 0 Å². The first-order valence-corrected chi connectivity index (χ1v) is 16.9. The van der Waals surface area contributed by atoms with Crippen molar-refractivity contribution in [2.45, 2.75) is 113 Å². The summed E-state index contributed by atoms with van der Waals surface area (Å²) in [5.74, 6) is -117. The molecule has 0 radical (unpaired) electrons. The molecule has 0 aromatic carbocycles. The Labute approximate surface area is 395 Å². The van der Waals surface area contributed by atoms with Crippen molar-refractivity contribution in [3.8, 4) is 0 Å². The summed E-state index contributed by atoms with van der Waals surface area (Å²) in [6.07, 6.45) is -21.7. The molecule has 0 bridgehead atoms. The third-order valence-electron chi connectivity index (χ3n) is 7.37. The first kappa shape index (κ1) is 70.7. The maximum absolute atomic E-state index is 14.1. The smallest absolute Gasteiger partial charge is 1.00 e. The Morgan fingerprint density at radius 3 is 0.779 bits per heavy atom. The molecule has 0 spiro atoms. The van der Waals surface area contributed by atoms with E-state index in [9.17, 15) is 176 Å². The number of halogens is 34. The van der Waals surface area contributed by atoms with Crippen molar-refractivity contribution in [3.63, 3.8) is 0 Å². The molecule has 0 aromatic rings. The SMILES string of the molecule is N[C@@H](CCC(=O)OS(=O)(=O)C(F)(F)C(F)(F)C(F)(F)C(F)(F)C(F)(F)C(F)(F)C(F)(F)C(F)(F)F)C(=O)OS(=O)(=O)C(F)(F)C(F)(F)C(F)(F)C(F)(F)C(F)(F)C(F)(F)C(F)(F)C(F)(F)F.[H-].[H-].[Na+].[Na+]. The molecule has 398 valence electrons. The molecule has 0 saturated heterocycles. The summed E-state index contributed by atoms with van der Waals surface area (Å²) in [6.45, 7) is 0. The monoisotopic (exact) mass is 1160 g/mol. The Kier molecular flexibility index (Phi) is 19.8. The predicted octanol–water partition coefficient (Wildman–Crippen LogP) is 3.01. The molecule has 0 aliphatic rings. The zero-order chi connectivity index (χ0) is 54.6. The van der Waals surface area contributed by atoms with Crippen LogP contribution in [0, 0.1) is 0 Å². The topological polar surface area (TPSA) is 147 Å². The van der Waals surface area contributed by atoms with E-state index in [2.05, 4.69) is 14.1 Å². The average molecular weight is 1160 g/mol. The van der Waals surface area contributed by atoms with Crippen molar-refractivity contribution in [2.24, 2.45) is 5.73 Å². The summed E-state index contributed by atoms with van der Waals surface area (Å²) in [5, 5.41) is -17.2. The van der Waals surface area contributed by atoms with Gasteiger partial charge < -0.3 is 17.0 Å². The molecule has 0 heterocycles. The van der Waals surface area contributed by atoms with Gasteiger partial charge in [0, 0.05) is 6.42 Å². The molecule has 0 aliphatic heterocycles. The van der Waals surface area contributed by atoms with E-state index in [1.165, 1.54) is 0 Å². The second-order valence-corrected chi connectivity index (χ2v) is 15.0. The fourth-order valence-corrected chi connectivity index (χ4v) is 5.20. The molecular weight excluding hydrogens is 1150 g/mol. The number of alkyl halides is 34. The Morgan fingerprint density at radius 2 is 0.559 bits per heavy atom. The number of carbonyl (C=O) groups excluding carboxylic acids is 2. The molecule has 0 aromatic heterocycles. The molecule has 68 heavy (non-hydrogen) atoms. The fraction of sp³-hybridized carbons (Fsp3) is 0.905. The van der Waals surface area contributed by atoms with Gasteiger partial charge in [0.05, 0.1) is 0 Å². The molecule has 9 nitrogen and oxygen atoms in total. The minimum Gasteiger partial charge on any atom is -1.00 e. The summed E-state index contributed by atoms with van der Waals surface area (Å²) in [7, 11) is -17.6. The number of hydrogen-bond donors (Lipinski definition) is 1. The minimum atomic E-state index is -9.42. The molecular formula is C21H9F34NNa2O8S2. The summed E-state index contributed by atoms with van der Waals surface area (Å²) in [5.41, 5.74) is 4.47. The van der Waals surface area contributed by atoms with Gasteiger partial charge in [0.2, 0.25) is 0 Å². The van der Waals surface area contributed by atoms with Gasteiger partial charge in [-0.2, -0.15) is 166 Å². The molecule has 0 unspecified atom stereocenters. The maximum atomic E-state index is 14.1. The molecule has 1 atom stereocenters. The first-order chi connectivity index (χ1) is 27.9. The first-order valence-electron chi connectivity index (χ1n) is 14.0. The van der Waals surface area contributed by atoms with Crippen LogP contribution in [0.25, 0.3) is 0 Å². The van der Waals surface area contributed by atoms with Crippen LogP contribution in [0.5, 0.6) is 0 Å². The summed E-state index contributed by atoms with van der Waals surface area (Å²) < 4.78 is 504. The molecule has 0 saturated carbocycles. The molecule has 0 aliphatic carbocycles. The Balaban J connectivity index is -0.00000352. The van der Waals surface area contributed by atoms with Crippen LogP contribution in [-0.4, -0.2) is 129 Å². The van der Waals surface area contributed by atoms with E-state index < -0.39 is 145 Å². The van der Waals surface area contributed by atoms with E-state index in [4.69, 9.17) is 0 Å². The molecule has 0 amide bonds. The number of carbonyl (C=O) groups is 2. The second kappa shape index (κ2) is 19.0. The standard InChI is InChI=1S/C21H7F34NO8S2.2Na.2H/c22-6(23,10(30,31)14(38,39)18(46,47)48)8(26,27)12(34,35)16(42,43)20(52,53)65(59,60)63-4(57)2-1-3(56)5(58)64-66(61,62)21(54,55)17(44,45)13(36,37)9(28,29)7(24,25)11(32,33)15(40,41)19(49,50)51;;;;/h3H,1-2,56H2;;;;/q;2*+1;2*-1/t3-;;;;/m0..../s1. The Bertz CT molecular complexity index is 2080. The maximum Gasteiger partial charge on any atom is 1.00 e. The molecule has 0 rings (SSSR count). The van der Waals surface area contributed by atoms with Gasteiger partial charge in [-0.3, -0.25) is 4.79 Å². The fourth-order valence-electron chi connectivity index (χ4n) is 3.44. The van der Waals surface area contributed by atoms with E-state index in [-0.39, 0.29) is 62.0 Å². The van der Waals surface area contributed by atoms with Crippen LogP contribution in [0.3, 0.4) is 0 Å². The van der Waals surface area contributed by atoms with Crippen LogP contribution >= 0.6 is 0 Å². The van der Waals surface area contributed by atoms with Crippen molar-refractivity contribution in [1.29, 1.82) is 0 Å². The Morgan fingerprint density at radius 1 is 0.368 bits per heavy atom. The molecule has 0 fully saturated rings. The van der Waals surface area contributed by atoms with Crippen LogP contribution in [0.2, 0.25) is 0 Å². The van der Waals surface area contributed by atoms with Gasteiger partial charge in [0.15, 0.2) is 0 Å². The van der Waals surface area contributed by atoms with Crippen molar-refractivity contribution < 1.29 is 246 Å². The quantitative estimate of drug-likeness (QED) is 0.111. The van der Waals surface area contributed by atoms with Gasteiger partial charge in [-0.1, -0.05) is 0 Å². The predicted molar refractivity (Wildman–Crippen MR) is 131 cm³/mol. The largest absolute Gasteiger partial charge is 1.00 e. The molecule has 2 N–H and O–H groups in total. The van der Waals surface area contributed by atoms with Crippen molar-refractivity contribution in [1.82, 2.24) is 0 Å². The third kappa shape index (κ3) is 9.94. The van der Waals surface area contributed by atoms with E-state index in [1.807, 2.05) is 0 Å². The van der Waals surface area contributed by atoms with Gasteiger partial charge in [0.1, 0.15) is 6.04 Å². The number of hydrogen-bond acceptors (Lipinski definition) is 9. The normalized spacial score (nSPS) is 16.3. The zero-order valence-corrected chi connectivity index (χ0v) is 36.1. The second-order valence-electron chi connectivity index (χ2n) is 11.8. The third-order valence-corrected chi connectivity index (χ3v) is 9.93. The van der Waals surface area contributed by atoms with Crippen LogP contribution in [-0.2, 0) is 38.2 Å². The van der Waals surface area contributed by atoms with Crippen molar-refractivity contribution >= 4 is 32.2 Å². The van der Waals surface area contributed by atoms with Crippen LogP contribution in [0.4, 0.5) is 149 Å². The van der Waals surface area contributed by atoms with E-state index >= 15 is 0 Å². The van der Waals surface area contributed by atoms with E-state index in [0.29, 0.717) is 0 Å². The summed E-state index contributed by atoms with van der Waals surface area (Å²) >= 11 is 0. The molecule has 47 heteroatoms. The van der Waals surface area contributed by atoms with Crippen molar-refractivity contribution in [2.75, 3.05) is 0 Å². The van der Waals surface area contributed by atoms with Crippen LogP contribution < -0.4 is 64.8 Å². The van der Waals surface area contributed by atoms with Gasteiger partial charge in [-0.05, 0) is 6.42 Å². The van der Waals surface area contributed by atoms with Gasteiger partial charge in [-0.25, -0.2) is 4.79 Å². The Hall–Kier alpha value is -1.58. The number of rotatable bonds is 20. The van der Waals surface area contributed by atoms with Gasteiger partial charge in [-0.15, -0.1) is 0 Å². The van der Waals surface area contributed by atoms with E-state index in [0.717, 1.165) is 0 Å². The van der Waals surface area contributed by atoms with Crippen LogP contribution in [0.1, 0.15) is 15.7 Å². The average Bonchev–Trinajstić information content (AvgIpc) is 3.07.